The van der Waals surface area contributed by atoms with Gasteiger partial charge in [-0.05, 0) is 12.1 Å². The van der Waals surface area contributed by atoms with Gasteiger partial charge in [0.1, 0.15) is 6.33 Å². The largest absolute Gasteiger partial charge is 0.307 e. The molecule has 0 aromatic carbocycles. The first-order valence-electron chi connectivity index (χ1n) is 4.90. The molecule has 0 atom stereocenters. The molecule has 1 aliphatic rings. The van der Waals surface area contributed by atoms with Gasteiger partial charge < -0.3 is 5.32 Å². The highest BCUT2D eigenvalue weighted by atomic mass is 15.0. The molecule has 15 heavy (non-hydrogen) atoms. The number of fused-ring (bicyclic) bond motifs is 1. The summed E-state index contributed by atoms with van der Waals surface area (Å²) in [5.74, 6) is 0. The second kappa shape index (κ2) is 3.40. The van der Waals surface area contributed by atoms with E-state index in [0.717, 1.165) is 30.2 Å². The molecule has 0 radical (unpaired) electrons. The van der Waals surface area contributed by atoms with Crippen molar-refractivity contribution in [3.05, 3.63) is 42.0 Å². The second-order valence-corrected chi connectivity index (χ2v) is 3.47. The smallest absolute Gasteiger partial charge is 0.116 e. The summed E-state index contributed by atoms with van der Waals surface area (Å²) in [6.45, 7) is 1.67. The molecule has 1 N–H and O–H groups in total. The van der Waals surface area contributed by atoms with Crippen LogP contribution in [-0.2, 0) is 13.1 Å². The molecule has 0 unspecified atom stereocenters. The molecule has 3 rings (SSSR count). The Labute approximate surface area is 87.4 Å². The van der Waals surface area contributed by atoms with Crippen molar-refractivity contribution in [1.82, 2.24) is 20.3 Å². The third kappa shape index (κ3) is 1.39. The molecule has 0 spiro atoms. The minimum Gasteiger partial charge on any atom is -0.307 e. The average molecular weight is 198 g/mol. The zero-order valence-electron chi connectivity index (χ0n) is 8.14. The summed E-state index contributed by atoms with van der Waals surface area (Å²) in [5.41, 5.74) is 4.13. The zero-order chi connectivity index (χ0) is 10.1. The number of pyridine rings is 1. The Balaban J connectivity index is 2.17. The predicted molar refractivity (Wildman–Crippen MR) is 55.8 cm³/mol. The van der Waals surface area contributed by atoms with Gasteiger partial charge in [-0.2, -0.15) is 0 Å². The molecule has 0 saturated carbocycles. The standard InChI is InChI=1S/C11H10N4/c1-2-4-13-9(3-1)11-8-5-12-6-10(8)14-7-15-11/h1-4,7,12H,5-6H2. The fraction of sp³-hybridized carbons (Fsp3) is 0.182. The highest BCUT2D eigenvalue weighted by Gasteiger charge is 2.17. The van der Waals surface area contributed by atoms with E-state index in [0.29, 0.717) is 0 Å². The number of nitrogens with zero attached hydrogens (tertiary/aromatic N) is 3. The van der Waals surface area contributed by atoms with Crippen LogP contribution in [0, 0.1) is 0 Å². The average Bonchev–Trinajstić information content (AvgIpc) is 2.78. The van der Waals surface area contributed by atoms with Crippen molar-refractivity contribution < 1.29 is 0 Å². The first kappa shape index (κ1) is 8.49. The van der Waals surface area contributed by atoms with Gasteiger partial charge in [0, 0.05) is 24.8 Å². The van der Waals surface area contributed by atoms with Crippen molar-refractivity contribution in [3.8, 4) is 11.4 Å². The minimum absolute atomic E-state index is 0.831. The van der Waals surface area contributed by atoms with Gasteiger partial charge >= 0.3 is 0 Å². The molecule has 0 bridgehead atoms. The van der Waals surface area contributed by atoms with Gasteiger partial charge in [-0.25, -0.2) is 9.97 Å². The van der Waals surface area contributed by atoms with Crippen LogP contribution in [0.2, 0.25) is 0 Å². The topological polar surface area (TPSA) is 50.7 Å². The summed E-state index contributed by atoms with van der Waals surface area (Å²) in [6, 6.07) is 5.85. The monoisotopic (exact) mass is 198 g/mol. The van der Waals surface area contributed by atoms with Crippen LogP contribution >= 0.6 is 0 Å². The maximum Gasteiger partial charge on any atom is 0.116 e. The van der Waals surface area contributed by atoms with Gasteiger partial charge in [0.15, 0.2) is 0 Å². The Kier molecular flexibility index (Phi) is 1.93. The molecule has 2 aromatic rings. The Morgan fingerprint density at radius 3 is 2.93 bits per heavy atom. The maximum atomic E-state index is 4.31. The van der Waals surface area contributed by atoms with Gasteiger partial charge in [0.2, 0.25) is 0 Å². The number of rotatable bonds is 1. The van der Waals surface area contributed by atoms with Crippen LogP contribution < -0.4 is 5.32 Å². The van der Waals surface area contributed by atoms with Crippen molar-refractivity contribution >= 4 is 0 Å². The molecule has 0 aliphatic carbocycles. The molecular weight excluding hydrogens is 188 g/mol. The quantitative estimate of drug-likeness (QED) is 0.746. The normalized spacial score (nSPS) is 13.9. The molecule has 2 aromatic heterocycles. The molecule has 1 aliphatic heterocycles. The molecule has 74 valence electrons. The van der Waals surface area contributed by atoms with Crippen molar-refractivity contribution in [2.24, 2.45) is 0 Å². The number of nitrogens with one attached hydrogen (secondary N) is 1. The zero-order valence-corrected chi connectivity index (χ0v) is 8.14. The molecule has 0 amide bonds. The summed E-state index contributed by atoms with van der Waals surface area (Å²) < 4.78 is 0. The van der Waals surface area contributed by atoms with Gasteiger partial charge in [0.05, 0.1) is 17.1 Å². The maximum absolute atomic E-state index is 4.31. The highest BCUT2D eigenvalue weighted by molar-refractivity contribution is 5.59. The molecule has 3 heterocycles. The van der Waals surface area contributed by atoms with E-state index in [4.69, 9.17) is 0 Å². The molecule has 0 fully saturated rings. The minimum atomic E-state index is 0.831. The molecular formula is C11H10N4. The predicted octanol–water partition coefficient (Wildman–Crippen LogP) is 1.14. The second-order valence-electron chi connectivity index (χ2n) is 3.47. The van der Waals surface area contributed by atoms with E-state index in [1.807, 2.05) is 18.2 Å². The fourth-order valence-electron chi connectivity index (χ4n) is 1.82. The Morgan fingerprint density at radius 1 is 1.07 bits per heavy atom. The van der Waals surface area contributed by atoms with Crippen LogP contribution in [0.15, 0.2) is 30.7 Å². The van der Waals surface area contributed by atoms with Crippen molar-refractivity contribution in [2.75, 3.05) is 0 Å². The lowest BCUT2D eigenvalue weighted by Crippen LogP contribution is -2.00. The summed E-state index contributed by atoms with van der Waals surface area (Å²) in [7, 11) is 0. The highest BCUT2D eigenvalue weighted by Crippen LogP contribution is 2.23. The van der Waals surface area contributed by atoms with E-state index in [9.17, 15) is 0 Å². The van der Waals surface area contributed by atoms with Crippen molar-refractivity contribution in [1.29, 1.82) is 0 Å². The summed E-state index contributed by atoms with van der Waals surface area (Å²) in [6.07, 6.45) is 3.39. The lowest BCUT2D eigenvalue weighted by Gasteiger charge is -2.04. The SMILES string of the molecule is c1ccc(-c2ncnc3c2CNC3)nc1. The number of hydrogen-bond donors (Lipinski definition) is 1. The third-order valence-electron chi connectivity index (χ3n) is 2.54. The first-order chi connectivity index (χ1) is 7.45. The van der Waals surface area contributed by atoms with Crippen LogP contribution in [0.3, 0.4) is 0 Å². The van der Waals surface area contributed by atoms with E-state index in [2.05, 4.69) is 20.3 Å². The lowest BCUT2D eigenvalue weighted by atomic mass is 10.1. The Hall–Kier alpha value is -1.81. The third-order valence-corrected chi connectivity index (χ3v) is 2.54. The van der Waals surface area contributed by atoms with E-state index in [1.165, 1.54) is 5.56 Å². The summed E-state index contributed by atoms with van der Waals surface area (Å²) in [5, 5.41) is 3.27. The van der Waals surface area contributed by atoms with E-state index in [-0.39, 0.29) is 0 Å². The van der Waals surface area contributed by atoms with E-state index >= 15 is 0 Å². The van der Waals surface area contributed by atoms with Crippen LogP contribution in [0.1, 0.15) is 11.3 Å². The van der Waals surface area contributed by atoms with Crippen LogP contribution in [-0.4, -0.2) is 15.0 Å². The lowest BCUT2D eigenvalue weighted by molar-refractivity contribution is 0.758. The van der Waals surface area contributed by atoms with Gasteiger partial charge in [0.25, 0.3) is 0 Å². The van der Waals surface area contributed by atoms with Crippen LogP contribution in [0.5, 0.6) is 0 Å². The fourth-order valence-corrected chi connectivity index (χ4v) is 1.82. The molecule has 4 nitrogen and oxygen atoms in total. The number of aromatic nitrogens is 3. The van der Waals surface area contributed by atoms with Crippen LogP contribution in [0.4, 0.5) is 0 Å². The summed E-state index contributed by atoms with van der Waals surface area (Å²) in [4.78, 5) is 12.9. The first-order valence-corrected chi connectivity index (χ1v) is 4.90. The van der Waals surface area contributed by atoms with Crippen molar-refractivity contribution in [3.63, 3.8) is 0 Å². The van der Waals surface area contributed by atoms with Gasteiger partial charge in [-0.1, -0.05) is 6.07 Å². The van der Waals surface area contributed by atoms with Gasteiger partial charge in [-0.15, -0.1) is 0 Å². The van der Waals surface area contributed by atoms with Crippen molar-refractivity contribution in [2.45, 2.75) is 13.1 Å². The Morgan fingerprint density at radius 2 is 2.07 bits per heavy atom. The van der Waals surface area contributed by atoms with Gasteiger partial charge in [-0.3, -0.25) is 4.98 Å². The van der Waals surface area contributed by atoms with E-state index < -0.39 is 0 Å². The van der Waals surface area contributed by atoms with E-state index in [1.54, 1.807) is 12.5 Å². The summed E-state index contributed by atoms with van der Waals surface area (Å²) >= 11 is 0. The number of hydrogen-bond acceptors (Lipinski definition) is 4. The Bertz CT molecular complexity index is 481. The molecule has 4 heteroatoms. The molecule has 0 saturated heterocycles. The van der Waals surface area contributed by atoms with Crippen LogP contribution in [0.25, 0.3) is 11.4 Å².